The van der Waals surface area contributed by atoms with Crippen LogP contribution in [0.2, 0.25) is 5.02 Å². The van der Waals surface area contributed by atoms with Crippen LogP contribution in [0.15, 0.2) is 61.2 Å². The Morgan fingerprint density at radius 3 is 2.71 bits per heavy atom. The summed E-state index contributed by atoms with van der Waals surface area (Å²) in [6.07, 6.45) is 1.61. The summed E-state index contributed by atoms with van der Waals surface area (Å²) in [6.45, 7) is 5.42. The van der Waals surface area contributed by atoms with Crippen molar-refractivity contribution in [2.45, 2.75) is 37.1 Å². The third-order valence-corrected chi connectivity index (χ3v) is 9.27. The van der Waals surface area contributed by atoms with Gasteiger partial charge in [-0.3, -0.25) is 9.69 Å². The zero-order valence-corrected chi connectivity index (χ0v) is 23.9. The van der Waals surface area contributed by atoms with E-state index in [2.05, 4.69) is 11.5 Å². The van der Waals surface area contributed by atoms with E-state index in [1.807, 2.05) is 47.2 Å². The van der Waals surface area contributed by atoms with Crippen LogP contribution in [0.4, 0.5) is 14.6 Å². The molecular weight excluding hydrogens is 560 g/mol. The zero-order chi connectivity index (χ0) is 29.1. The summed E-state index contributed by atoms with van der Waals surface area (Å²) < 4.78 is 36.1. The fourth-order valence-corrected chi connectivity index (χ4v) is 7.04. The van der Waals surface area contributed by atoms with Crippen molar-refractivity contribution < 1.29 is 18.3 Å². The van der Waals surface area contributed by atoms with Crippen molar-refractivity contribution in [2.75, 3.05) is 38.2 Å². The highest BCUT2D eigenvalue weighted by atomic mass is 35.5. The van der Waals surface area contributed by atoms with Crippen LogP contribution in [0.1, 0.15) is 12.8 Å². The van der Waals surface area contributed by atoms with Crippen molar-refractivity contribution in [2.24, 2.45) is 0 Å². The van der Waals surface area contributed by atoms with E-state index < -0.39 is 12.0 Å². The van der Waals surface area contributed by atoms with Crippen LogP contribution < -0.4 is 9.64 Å². The van der Waals surface area contributed by atoms with Gasteiger partial charge in [0.25, 0.3) is 0 Å². The van der Waals surface area contributed by atoms with E-state index in [0.29, 0.717) is 58.9 Å². The number of hydrogen-bond acceptors (Lipinski definition) is 6. The number of ether oxygens (including phenoxy) is 1. The number of hydrogen-bond donors (Lipinski definition) is 0. The Hall–Kier alpha value is -3.82. The second kappa shape index (κ2) is 10.5. The Kier molecular flexibility index (Phi) is 6.74. The molecule has 4 heterocycles. The standard InChI is InChI=1S/C32H30ClF2N5O2/c1-3-29(41)39-11-10-27-28(39)16-40(27)31-23-13-25(35)22(21-8-4-6-18-7-5-9-24(33)30(18)21)14-26(23)36-32(37-31)42-17-20-12-19(34)15-38(20)2/h3-9,13-14,19-20,27-28H,1,10-12,15-17H2,2H3/t19-,20+,27?,28-/m1/s1. The number of aromatic nitrogens is 2. The fraction of sp³-hybridized carbons (Fsp3) is 0.344. The summed E-state index contributed by atoms with van der Waals surface area (Å²) in [4.78, 5) is 27.7. The molecule has 0 N–H and O–H groups in total. The van der Waals surface area contributed by atoms with E-state index in [1.165, 1.54) is 12.1 Å². The third kappa shape index (κ3) is 4.46. The van der Waals surface area contributed by atoms with Crippen LogP contribution in [0, 0.1) is 5.82 Å². The second-order valence-electron chi connectivity index (χ2n) is 11.4. The van der Waals surface area contributed by atoms with Crippen molar-refractivity contribution in [3.63, 3.8) is 0 Å². The van der Waals surface area contributed by atoms with Crippen LogP contribution in [0.5, 0.6) is 6.01 Å². The molecule has 3 fully saturated rings. The average Bonchev–Trinajstić information content (AvgIpc) is 3.48. The van der Waals surface area contributed by atoms with Crippen molar-refractivity contribution in [1.82, 2.24) is 19.8 Å². The summed E-state index contributed by atoms with van der Waals surface area (Å²) in [5.41, 5.74) is 1.57. The van der Waals surface area contributed by atoms with Gasteiger partial charge in [-0.2, -0.15) is 9.97 Å². The number of likely N-dealkylation sites (N-methyl/N-ethyl adjacent to an activating group) is 1. The lowest BCUT2D eigenvalue weighted by Crippen LogP contribution is -2.63. The molecule has 7 rings (SSSR count). The monoisotopic (exact) mass is 589 g/mol. The van der Waals surface area contributed by atoms with Crippen molar-refractivity contribution in [1.29, 1.82) is 0 Å². The molecule has 1 unspecified atom stereocenters. The number of benzene rings is 3. The smallest absolute Gasteiger partial charge is 0.319 e. The Morgan fingerprint density at radius 1 is 1.14 bits per heavy atom. The predicted octanol–water partition coefficient (Wildman–Crippen LogP) is 5.64. The normalized spacial score (nSPS) is 23.8. The van der Waals surface area contributed by atoms with Crippen LogP contribution in [-0.4, -0.2) is 83.3 Å². The molecule has 0 spiro atoms. The summed E-state index contributed by atoms with van der Waals surface area (Å²) in [6, 6.07) is 14.6. The molecule has 0 aliphatic carbocycles. The Morgan fingerprint density at radius 2 is 1.95 bits per heavy atom. The first-order valence-electron chi connectivity index (χ1n) is 14.2. The number of nitrogens with zero attached hydrogens (tertiary/aromatic N) is 5. The Bertz CT molecular complexity index is 1730. The molecule has 3 aliphatic heterocycles. The van der Waals surface area contributed by atoms with Gasteiger partial charge in [-0.05, 0) is 55.1 Å². The molecule has 10 heteroatoms. The number of amides is 1. The number of carbonyl (C=O) groups excluding carboxylic acids is 1. The highest BCUT2D eigenvalue weighted by Crippen LogP contribution is 2.42. The van der Waals surface area contributed by atoms with Gasteiger partial charge in [-0.25, -0.2) is 8.78 Å². The number of halogens is 3. The maximum atomic E-state index is 16.0. The topological polar surface area (TPSA) is 61.8 Å². The summed E-state index contributed by atoms with van der Waals surface area (Å²) in [7, 11) is 1.88. The molecule has 0 radical (unpaired) electrons. The zero-order valence-electron chi connectivity index (χ0n) is 23.1. The Balaban J connectivity index is 1.31. The number of anilines is 1. The summed E-state index contributed by atoms with van der Waals surface area (Å²) in [5.74, 6) is 0.0608. The van der Waals surface area contributed by atoms with E-state index in [9.17, 15) is 9.18 Å². The van der Waals surface area contributed by atoms with E-state index in [0.717, 1.165) is 17.2 Å². The molecule has 0 saturated carbocycles. The highest BCUT2D eigenvalue weighted by Gasteiger charge is 2.49. The molecule has 4 aromatic rings. The number of carbonyl (C=O) groups is 1. The minimum atomic E-state index is -0.892. The lowest BCUT2D eigenvalue weighted by atomic mass is 9.95. The third-order valence-electron chi connectivity index (χ3n) is 8.95. The molecule has 3 aliphatic rings. The average molecular weight is 590 g/mol. The van der Waals surface area contributed by atoms with Crippen LogP contribution in [0.3, 0.4) is 0 Å². The number of likely N-dealkylation sites (tertiary alicyclic amines) is 2. The van der Waals surface area contributed by atoms with Gasteiger partial charge in [-0.1, -0.05) is 48.5 Å². The largest absolute Gasteiger partial charge is 0.462 e. The number of alkyl halides is 1. The molecule has 1 amide bonds. The molecular formula is C32H30ClF2N5O2. The van der Waals surface area contributed by atoms with Gasteiger partial charge in [0.15, 0.2) is 0 Å². The van der Waals surface area contributed by atoms with Crippen LogP contribution in [0.25, 0.3) is 32.8 Å². The molecule has 7 nitrogen and oxygen atoms in total. The molecule has 3 saturated heterocycles. The molecule has 0 bridgehead atoms. The first kappa shape index (κ1) is 27.0. The molecule has 4 atom stereocenters. The number of fused-ring (bicyclic) bond motifs is 3. The van der Waals surface area contributed by atoms with E-state index >= 15 is 4.39 Å². The quantitative estimate of drug-likeness (QED) is 0.271. The molecule has 216 valence electrons. The van der Waals surface area contributed by atoms with Crippen molar-refractivity contribution in [3.8, 4) is 17.1 Å². The van der Waals surface area contributed by atoms with E-state index in [-0.39, 0.29) is 36.7 Å². The minimum absolute atomic E-state index is 0.0421. The van der Waals surface area contributed by atoms with Gasteiger partial charge in [0.05, 0.1) is 17.6 Å². The van der Waals surface area contributed by atoms with Gasteiger partial charge in [0.1, 0.15) is 24.4 Å². The summed E-state index contributed by atoms with van der Waals surface area (Å²) in [5, 5.41) is 2.77. The Labute approximate surface area is 247 Å². The van der Waals surface area contributed by atoms with Crippen LogP contribution >= 0.6 is 11.6 Å². The predicted molar refractivity (Wildman–Crippen MR) is 160 cm³/mol. The second-order valence-corrected chi connectivity index (χ2v) is 11.8. The molecule has 42 heavy (non-hydrogen) atoms. The lowest BCUT2D eigenvalue weighted by Gasteiger charge is -2.47. The maximum Gasteiger partial charge on any atom is 0.319 e. The van der Waals surface area contributed by atoms with Crippen molar-refractivity contribution in [3.05, 3.63) is 72.0 Å². The van der Waals surface area contributed by atoms with Gasteiger partial charge >= 0.3 is 6.01 Å². The van der Waals surface area contributed by atoms with Crippen LogP contribution in [-0.2, 0) is 4.79 Å². The lowest BCUT2D eigenvalue weighted by molar-refractivity contribution is -0.127. The summed E-state index contributed by atoms with van der Waals surface area (Å²) >= 11 is 6.58. The SMILES string of the molecule is C=CC(=O)N1CCC2[C@H]1CN2c1nc(OC[C@@H]2C[C@@H](F)CN2C)nc2cc(-c3cccc4cccc(Cl)c34)c(F)cc12. The molecule has 1 aromatic heterocycles. The van der Waals surface area contributed by atoms with Gasteiger partial charge in [0, 0.05) is 47.0 Å². The fourth-order valence-electron chi connectivity index (χ4n) is 6.75. The maximum absolute atomic E-state index is 16.0. The molecule has 3 aromatic carbocycles. The van der Waals surface area contributed by atoms with E-state index in [4.69, 9.17) is 26.3 Å². The number of rotatable bonds is 6. The van der Waals surface area contributed by atoms with E-state index in [1.54, 1.807) is 12.1 Å². The van der Waals surface area contributed by atoms with Crippen molar-refractivity contribution >= 4 is 45.0 Å². The first-order valence-corrected chi connectivity index (χ1v) is 14.6. The van der Waals surface area contributed by atoms with Gasteiger partial charge < -0.3 is 14.5 Å². The first-order chi connectivity index (χ1) is 20.3. The minimum Gasteiger partial charge on any atom is -0.462 e. The van der Waals surface area contributed by atoms with Gasteiger partial charge in [-0.15, -0.1) is 0 Å². The highest BCUT2D eigenvalue weighted by molar-refractivity contribution is 6.36. The van der Waals surface area contributed by atoms with Gasteiger partial charge in [0.2, 0.25) is 5.91 Å².